The monoisotopic (exact) mass is 272 g/mol. The van der Waals surface area contributed by atoms with Gasteiger partial charge in [-0.15, -0.1) is 0 Å². The van der Waals surface area contributed by atoms with Gasteiger partial charge in [-0.3, -0.25) is 4.79 Å². The molecule has 0 unspecified atom stereocenters. The maximum Gasteiger partial charge on any atom is 0.259 e. The Kier molecular flexibility index (Phi) is 3.95. The number of amides is 1. The third kappa shape index (κ3) is 2.60. The molecule has 3 N–H and O–H groups in total. The SMILES string of the molecule is Cc1ccc(CN)cc1NC(=O)c1c(C)oc(C)c1C. The molecule has 1 amide bonds. The maximum absolute atomic E-state index is 12.4. The molecule has 0 radical (unpaired) electrons. The van der Waals surface area contributed by atoms with E-state index in [1.807, 2.05) is 39.0 Å². The molecule has 4 nitrogen and oxygen atoms in total. The van der Waals surface area contributed by atoms with Crippen molar-refractivity contribution >= 4 is 11.6 Å². The molecule has 106 valence electrons. The second-order valence-electron chi connectivity index (χ2n) is 5.02. The first-order valence-corrected chi connectivity index (χ1v) is 6.61. The van der Waals surface area contributed by atoms with Crippen LogP contribution in [0.1, 0.15) is 38.6 Å². The molecule has 0 saturated heterocycles. The normalized spacial score (nSPS) is 10.7. The largest absolute Gasteiger partial charge is 0.466 e. The minimum absolute atomic E-state index is 0.144. The van der Waals surface area contributed by atoms with E-state index in [9.17, 15) is 4.79 Å². The number of anilines is 1. The molecule has 0 atom stereocenters. The van der Waals surface area contributed by atoms with Gasteiger partial charge in [-0.1, -0.05) is 12.1 Å². The molecule has 0 saturated carbocycles. The van der Waals surface area contributed by atoms with E-state index in [2.05, 4.69) is 5.32 Å². The smallest absolute Gasteiger partial charge is 0.259 e. The Labute approximate surface area is 119 Å². The number of hydrogen-bond acceptors (Lipinski definition) is 3. The highest BCUT2D eigenvalue weighted by Gasteiger charge is 2.19. The summed E-state index contributed by atoms with van der Waals surface area (Å²) >= 11 is 0. The number of aryl methyl sites for hydroxylation is 3. The van der Waals surface area contributed by atoms with Crippen molar-refractivity contribution in [2.45, 2.75) is 34.2 Å². The summed E-state index contributed by atoms with van der Waals surface area (Å²) in [6, 6.07) is 5.83. The van der Waals surface area contributed by atoms with Crippen LogP contribution in [0.3, 0.4) is 0 Å². The molecule has 20 heavy (non-hydrogen) atoms. The van der Waals surface area contributed by atoms with Crippen molar-refractivity contribution in [2.75, 3.05) is 5.32 Å². The van der Waals surface area contributed by atoms with Gasteiger partial charge in [0, 0.05) is 17.8 Å². The fraction of sp³-hybridized carbons (Fsp3) is 0.312. The summed E-state index contributed by atoms with van der Waals surface area (Å²) in [5.74, 6) is 1.28. The minimum atomic E-state index is -0.144. The fourth-order valence-corrected chi connectivity index (χ4v) is 2.24. The molecular formula is C16H20N2O2. The highest BCUT2D eigenvalue weighted by atomic mass is 16.3. The summed E-state index contributed by atoms with van der Waals surface area (Å²) in [6.07, 6.45) is 0. The van der Waals surface area contributed by atoms with Crippen molar-refractivity contribution < 1.29 is 9.21 Å². The lowest BCUT2D eigenvalue weighted by atomic mass is 10.1. The number of carbonyl (C=O) groups is 1. The molecule has 0 aliphatic rings. The predicted octanol–water partition coefficient (Wildman–Crippen LogP) is 3.22. The van der Waals surface area contributed by atoms with Gasteiger partial charge >= 0.3 is 0 Å². The van der Waals surface area contributed by atoms with E-state index >= 15 is 0 Å². The van der Waals surface area contributed by atoms with Crippen LogP contribution in [0.15, 0.2) is 22.6 Å². The topological polar surface area (TPSA) is 68.3 Å². The van der Waals surface area contributed by atoms with Crippen LogP contribution < -0.4 is 11.1 Å². The van der Waals surface area contributed by atoms with Gasteiger partial charge in [0.15, 0.2) is 0 Å². The van der Waals surface area contributed by atoms with Crippen LogP contribution in [0.5, 0.6) is 0 Å². The van der Waals surface area contributed by atoms with E-state index in [0.29, 0.717) is 17.9 Å². The van der Waals surface area contributed by atoms with Gasteiger partial charge in [0.25, 0.3) is 5.91 Å². The van der Waals surface area contributed by atoms with Crippen molar-refractivity contribution in [1.29, 1.82) is 0 Å². The van der Waals surface area contributed by atoms with Crippen molar-refractivity contribution in [1.82, 2.24) is 0 Å². The third-order valence-electron chi connectivity index (χ3n) is 3.57. The quantitative estimate of drug-likeness (QED) is 0.901. The first kappa shape index (κ1) is 14.3. The number of carbonyl (C=O) groups excluding carboxylic acids is 1. The van der Waals surface area contributed by atoms with E-state index in [0.717, 1.165) is 28.1 Å². The van der Waals surface area contributed by atoms with Gasteiger partial charge in [0.05, 0.1) is 5.56 Å². The number of rotatable bonds is 3. The Bertz CT molecular complexity index is 657. The Balaban J connectivity index is 2.32. The molecule has 0 aliphatic carbocycles. The zero-order valence-corrected chi connectivity index (χ0v) is 12.3. The highest BCUT2D eigenvalue weighted by Crippen LogP contribution is 2.23. The average Bonchev–Trinajstić information content (AvgIpc) is 2.66. The molecule has 0 spiro atoms. The summed E-state index contributed by atoms with van der Waals surface area (Å²) < 4.78 is 5.50. The first-order chi connectivity index (χ1) is 9.43. The van der Waals surface area contributed by atoms with Crippen molar-refractivity contribution in [3.63, 3.8) is 0 Å². The molecule has 1 aromatic carbocycles. The Morgan fingerprint density at radius 3 is 2.45 bits per heavy atom. The van der Waals surface area contributed by atoms with Gasteiger partial charge in [-0.2, -0.15) is 0 Å². The number of hydrogen-bond donors (Lipinski definition) is 2. The Morgan fingerprint density at radius 2 is 1.90 bits per heavy atom. The minimum Gasteiger partial charge on any atom is -0.466 e. The van der Waals surface area contributed by atoms with Gasteiger partial charge in [-0.05, 0) is 44.9 Å². The molecule has 2 aromatic rings. The van der Waals surface area contributed by atoms with Gasteiger partial charge < -0.3 is 15.5 Å². The van der Waals surface area contributed by atoms with Gasteiger partial charge in [0.2, 0.25) is 0 Å². The van der Waals surface area contributed by atoms with Crippen LogP contribution in [-0.4, -0.2) is 5.91 Å². The number of nitrogens with one attached hydrogen (secondary N) is 1. The highest BCUT2D eigenvalue weighted by molar-refractivity contribution is 6.06. The molecule has 2 rings (SSSR count). The van der Waals surface area contributed by atoms with Crippen LogP contribution in [0.4, 0.5) is 5.69 Å². The van der Waals surface area contributed by atoms with Gasteiger partial charge in [-0.25, -0.2) is 0 Å². The number of benzene rings is 1. The van der Waals surface area contributed by atoms with E-state index in [1.54, 1.807) is 6.92 Å². The first-order valence-electron chi connectivity index (χ1n) is 6.61. The van der Waals surface area contributed by atoms with E-state index in [4.69, 9.17) is 10.2 Å². The second kappa shape index (κ2) is 5.51. The Hall–Kier alpha value is -2.07. The average molecular weight is 272 g/mol. The zero-order chi connectivity index (χ0) is 14.9. The number of nitrogens with two attached hydrogens (primary N) is 1. The lowest BCUT2D eigenvalue weighted by Crippen LogP contribution is -2.14. The Morgan fingerprint density at radius 1 is 1.20 bits per heavy atom. The molecular weight excluding hydrogens is 252 g/mol. The lowest BCUT2D eigenvalue weighted by Gasteiger charge is -2.10. The molecule has 4 heteroatoms. The van der Waals surface area contributed by atoms with Crippen LogP contribution in [0.25, 0.3) is 0 Å². The summed E-state index contributed by atoms with van der Waals surface area (Å²) in [4.78, 5) is 12.4. The molecule has 0 aliphatic heterocycles. The molecule has 1 aromatic heterocycles. The third-order valence-corrected chi connectivity index (χ3v) is 3.57. The van der Waals surface area contributed by atoms with E-state index < -0.39 is 0 Å². The summed E-state index contributed by atoms with van der Waals surface area (Å²) in [5.41, 5.74) is 9.91. The van der Waals surface area contributed by atoms with Crippen LogP contribution in [0, 0.1) is 27.7 Å². The zero-order valence-electron chi connectivity index (χ0n) is 12.3. The molecule has 0 fully saturated rings. The second-order valence-corrected chi connectivity index (χ2v) is 5.02. The number of furan rings is 1. The van der Waals surface area contributed by atoms with E-state index in [1.165, 1.54) is 0 Å². The standard InChI is InChI=1S/C16H20N2O2/c1-9-5-6-13(8-17)7-14(9)18-16(19)15-10(2)11(3)20-12(15)4/h5-7H,8,17H2,1-4H3,(H,18,19). The predicted molar refractivity (Wildman–Crippen MR) is 79.9 cm³/mol. The maximum atomic E-state index is 12.4. The fourth-order valence-electron chi connectivity index (χ4n) is 2.24. The van der Waals surface area contributed by atoms with Crippen molar-refractivity contribution in [2.24, 2.45) is 5.73 Å². The van der Waals surface area contributed by atoms with Crippen LogP contribution in [-0.2, 0) is 6.54 Å². The van der Waals surface area contributed by atoms with E-state index in [-0.39, 0.29) is 5.91 Å². The summed E-state index contributed by atoms with van der Waals surface area (Å²) in [7, 11) is 0. The summed E-state index contributed by atoms with van der Waals surface area (Å²) in [6.45, 7) is 7.96. The molecule has 0 bridgehead atoms. The molecule has 1 heterocycles. The van der Waals surface area contributed by atoms with Crippen LogP contribution >= 0.6 is 0 Å². The summed E-state index contributed by atoms with van der Waals surface area (Å²) in [5, 5.41) is 2.94. The lowest BCUT2D eigenvalue weighted by molar-refractivity contribution is 0.102. The van der Waals surface area contributed by atoms with Crippen molar-refractivity contribution in [3.8, 4) is 0 Å². The van der Waals surface area contributed by atoms with Crippen LogP contribution in [0.2, 0.25) is 0 Å². The van der Waals surface area contributed by atoms with Crippen molar-refractivity contribution in [3.05, 3.63) is 52.0 Å². The van der Waals surface area contributed by atoms with Gasteiger partial charge in [0.1, 0.15) is 11.5 Å².